The molecular weight excluding hydrogens is 314 g/mol. The quantitative estimate of drug-likeness (QED) is 0.499. The number of carbonyl (C=O) groups excluding carboxylic acids is 2. The summed E-state index contributed by atoms with van der Waals surface area (Å²) >= 11 is 0. The summed E-state index contributed by atoms with van der Waals surface area (Å²) in [6, 6.07) is -0.270. The number of likely N-dealkylation sites (tertiary alicyclic amines) is 1. The zero-order valence-corrected chi connectivity index (χ0v) is 16.2. The van der Waals surface area contributed by atoms with Gasteiger partial charge in [-0.05, 0) is 38.6 Å². The Bertz CT molecular complexity index is 374. The van der Waals surface area contributed by atoms with Crippen LogP contribution >= 0.6 is 0 Å². The van der Waals surface area contributed by atoms with Crippen molar-refractivity contribution in [2.75, 3.05) is 19.6 Å². The number of nitrogens with one attached hydrogen (secondary N) is 1. The van der Waals surface area contributed by atoms with Crippen molar-refractivity contribution in [2.24, 2.45) is 5.73 Å². The Morgan fingerprint density at radius 3 is 2.36 bits per heavy atom. The van der Waals surface area contributed by atoms with Gasteiger partial charge in [-0.2, -0.15) is 0 Å². The average Bonchev–Trinajstić information content (AvgIpc) is 2.64. The molecular formula is C20H39N3O2. The number of hydrogen-bond acceptors (Lipinski definition) is 3. The van der Waals surface area contributed by atoms with E-state index in [1.165, 1.54) is 38.5 Å². The number of piperidine rings is 1. The first-order chi connectivity index (χ1) is 12.2. The number of amides is 2. The van der Waals surface area contributed by atoms with E-state index in [-0.39, 0.29) is 17.9 Å². The molecule has 3 N–H and O–H groups in total. The van der Waals surface area contributed by atoms with E-state index in [4.69, 9.17) is 5.73 Å². The molecule has 1 aliphatic heterocycles. The van der Waals surface area contributed by atoms with Crippen molar-refractivity contribution < 1.29 is 9.59 Å². The van der Waals surface area contributed by atoms with E-state index in [0.29, 0.717) is 19.5 Å². The Kier molecular flexibility index (Phi) is 12.4. The van der Waals surface area contributed by atoms with Gasteiger partial charge >= 0.3 is 0 Å². The van der Waals surface area contributed by atoms with Gasteiger partial charge in [0.25, 0.3) is 0 Å². The molecule has 0 spiro atoms. The second-order valence-corrected chi connectivity index (χ2v) is 7.26. The molecule has 0 radical (unpaired) electrons. The highest BCUT2D eigenvalue weighted by Gasteiger charge is 2.31. The standard InChI is InChI=1S/C20H39N3O2/c1-2-3-4-5-6-7-8-9-14-19(24)23-17-11-10-13-18(23)20(25)22-16-12-15-21/h18H,2-17,21H2,1H3,(H,22,25). The molecule has 1 atom stereocenters. The van der Waals surface area contributed by atoms with Crippen molar-refractivity contribution in [3.63, 3.8) is 0 Å². The monoisotopic (exact) mass is 353 g/mol. The van der Waals surface area contributed by atoms with Crippen molar-refractivity contribution >= 4 is 11.8 Å². The van der Waals surface area contributed by atoms with Gasteiger partial charge in [0.15, 0.2) is 0 Å². The summed E-state index contributed by atoms with van der Waals surface area (Å²) < 4.78 is 0. The zero-order valence-electron chi connectivity index (χ0n) is 16.2. The summed E-state index contributed by atoms with van der Waals surface area (Å²) in [4.78, 5) is 26.7. The molecule has 0 bridgehead atoms. The van der Waals surface area contributed by atoms with E-state index in [0.717, 1.165) is 45.1 Å². The number of nitrogens with two attached hydrogens (primary N) is 1. The van der Waals surface area contributed by atoms with Crippen molar-refractivity contribution in [3.05, 3.63) is 0 Å². The van der Waals surface area contributed by atoms with E-state index in [1.54, 1.807) is 0 Å². The molecule has 1 aliphatic rings. The molecule has 146 valence electrons. The Hall–Kier alpha value is -1.10. The van der Waals surface area contributed by atoms with Crippen molar-refractivity contribution in [1.82, 2.24) is 10.2 Å². The van der Waals surface area contributed by atoms with Gasteiger partial charge < -0.3 is 16.0 Å². The number of unbranched alkanes of at least 4 members (excludes halogenated alkanes) is 7. The molecule has 1 rings (SSSR count). The number of carbonyl (C=O) groups is 2. The molecule has 1 unspecified atom stereocenters. The predicted molar refractivity (Wildman–Crippen MR) is 103 cm³/mol. The van der Waals surface area contributed by atoms with Gasteiger partial charge in [0.1, 0.15) is 6.04 Å². The van der Waals surface area contributed by atoms with Crippen LogP contribution in [0.3, 0.4) is 0 Å². The van der Waals surface area contributed by atoms with Crippen LogP contribution in [0.15, 0.2) is 0 Å². The van der Waals surface area contributed by atoms with Crippen LogP contribution in [0.25, 0.3) is 0 Å². The molecule has 1 fully saturated rings. The van der Waals surface area contributed by atoms with Crippen LogP contribution in [0.5, 0.6) is 0 Å². The highest BCUT2D eigenvalue weighted by Crippen LogP contribution is 2.19. The molecule has 1 saturated heterocycles. The minimum Gasteiger partial charge on any atom is -0.354 e. The number of rotatable bonds is 13. The van der Waals surface area contributed by atoms with E-state index >= 15 is 0 Å². The molecule has 0 aliphatic carbocycles. The second-order valence-electron chi connectivity index (χ2n) is 7.26. The Morgan fingerprint density at radius 2 is 1.68 bits per heavy atom. The third-order valence-electron chi connectivity index (χ3n) is 5.05. The van der Waals surface area contributed by atoms with Gasteiger partial charge in [-0.25, -0.2) is 0 Å². The fraction of sp³-hybridized carbons (Fsp3) is 0.900. The first kappa shape index (κ1) is 21.9. The number of nitrogens with zero attached hydrogens (tertiary/aromatic N) is 1. The van der Waals surface area contributed by atoms with Gasteiger partial charge in [0.2, 0.25) is 11.8 Å². The average molecular weight is 354 g/mol. The van der Waals surface area contributed by atoms with Gasteiger partial charge in [-0.15, -0.1) is 0 Å². The van der Waals surface area contributed by atoms with Crippen molar-refractivity contribution in [3.8, 4) is 0 Å². The smallest absolute Gasteiger partial charge is 0.242 e. The third-order valence-corrected chi connectivity index (χ3v) is 5.05. The lowest BCUT2D eigenvalue weighted by Gasteiger charge is -2.34. The first-order valence-electron chi connectivity index (χ1n) is 10.5. The van der Waals surface area contributed by atoms with Crippen molar-refractivity contribution in [2.45, 2.75) is 96.4 Å². The second kappa shape index (κ2) is 14.1. The fourth-order valence-electron chi connectivity index (χ4n) is 3.49. The number of hydrogen-bond donors (Lipinski definition) is 2. The molecule has 5 heteroatoms. The minimum atomic E-state index is -0.270. The Labute approximate surface area is 154 Å². The summed E-state index contributed by atoms with van der Waals surface area (Å²) in [5.74, 6) is 0.155. The molecule has 0 aromatic carbocycles. The first-order valence-corrected chi connectivity index (χ1v) is 10.5. The maximum Gasteiger partial charge on any atom is 0.242 e. The van der Waals surface area contributed by atoms with E-state index < -0.39 is 0 Å². The largest absolute Gasteiger partial charge is 0.354 e. The normalized spacial score (nSPS) is 17.5. The summed E-state index contributed by atoms with van der Waals surface area (Å²) in [6.45, 7) is 4.14. The van der Waals surface area contributed by atoms with Crippen LogP contribution < -0.4 is 11.1 Å². The SMILES string of the molecule is CCCCCCCCCCC(=O)N1CCCCC1C(=O)NCCCN. The summed E-state index contributed by atoms with van der Waals surface area (Å²) in [5, 5.41) is 2.93. The van der Waals surface area contributed by atoms with Gasteiger partial charge in [0.05, 0.1) is 0 Å². The molecule has 2 amide bonds. The molecule has 1 heterocycles. The van der Waals surface area contributed by atoms with Gasteiger partial charge in [0, 0.05) is 19.5 Å². The molecule has 0 aromatic rings. The minimum absolute atomic E-state index is 0.00239. The fourth-order valence-corrected chi connectivity index (χ4v) is 3.49. The van der Waals surface area contributed by atoms with Crippen LogP contribution in [0.2, 0.25) is 0 Å². The highest BCUT2D eigenvalue weighted by molar-refractivity contribution is 5.87. The molecule has 0 saturated carbocycles. The Balaban J connectivity index is 2.25. The lowest BCUT2D eigenvalue weighted by Crippen LogP contribution is -2.52. The van der Waals surface area contributed by atoms with Crippen LogP contribution in [0, 0.1) is 0 Å². The van der Waals surface area contributed by atoms with Gasteiger partial charge in [-0.3, -0.25) is 9.59 Å². The third kappa shape index (κ3) is 9.24. The molecule has 5 nitrogen and oxygen atoms in total. The van der Waals surface area contributed by atoms with Gasteiger partial charge in [-0.1, -0.05) is 51.9 Å². The van der Waals surface area contributed by atoms with Crippen LogP contribution in [0.4, 0.5) is 0 Å². The maximum atomic E-state index is 12.5. The summed E-state index contributed by atoms with van der Waals surface area (Å²) in [5.41, 5.74) is 5.47. The maximum absolute atomic E-state index is 12.5. The summed E-state index contributed by atoms with van der Waals surface area (Å²) in [6.07, 6.45) is 14.0. The molecule has 0 aromatic heterocycles. The van der Waals surface area contributed by atoms with Crippen molar-refractivity contribution in [1.29, 1.82) is 0 Å². The Morgan fingerprint density at radius 1 is 1.00 bits per heavy atom. The van der Waals surface area contributed by atoms with E-state index in [1.807, 2.05) is 4.90 Å². The summed E-state index contributed by atoms with van der Waals surface area (Å²) in [7, 11) is 0. The van der Waals surface area contributed by atoms with Crippen LogP contribution in [0.1, 0.15) is 90.4 Å². The van der Waals surface area contributed by atoms with Crippen LogP contribution in [-0.4, -0.2) is 42.4 Å². The predicted octanol–water partition coefficient (Wildman–Crippen LogP) is 3.36. The highest BCUT2D eigenvalue weighted by atomic mass is 16.2. The lowest BCUT2D eigenvalue weighted by molar-refractivity contribution is -0.142. The zero-order chi connectivity index (χ0) is 18.3. The van der Waals surface area contributed by atoms with E-state index in [9.17, 15) is 9.59 Å². The lowest BCUT2D eigenvalue weighted by atomic mass is 10.00. The van der Waals surface area contributed by atoms with E-state index in [2.05, 4.69) is 12.2 Å². The van der Waals surface area contributed by atoms with Crippen LogP contribution in [-0.2, 0) is 9.59 Å². The molecule has 25 heavy (non-hydrogen) atoms. The topological polar surface area (TPSA) is 75.4 Å².